The average molecular weight is 632 g/mol. The molecule has 3 N–H and O–H groups in total. The first-order valence-electron chi connectivity index (χ1n) is 15.0. The van der Waals surface area contributed by atoms with E-state index < -0.39 is 17.4 Å². The van der Waals surface area contributed by atoms with E-state index in [-0.39, 0.29) is 17.8 Å². The number of halogens is 1. The molecule has 4 aromatic rings. The van der Waals surface area contributed by atoms with Gasteiger partial charge in [0.05, 0.1) is 18.0 Å². The van der Waals surface area contributed by atoms with Crippen LogP contribution in [0.4, 0.5) is 31.2 Å². The highest BCUT2D eigenvalue weighted by Crippen LogP contribution is 2.34. The number of nitrogens with zero attached hydrogens (tertiary/aromatic N) is 6. The van der Waals surface area contributed by atoms with Crippen LogP contribution in [0, 0.1) is 5.82 Å². The number of carbonyl (C=O) groups is 2. The first kappa shape index (κ1) is 32.3. The van der Waals surface area contributed by atoms with E-state index in [9.17, 15) is 14.0 Å². The molecule has 0 saturated carbocycles. The smallest absolute Gasteiger partial charge is 0.410 e. The molecule has 3 heterocycles. The van der Waals surface area contributed by atoms with E-state index in [1.807, 2.05) is 45.0 Å². The van der Waals surface area contributed by atoms with Gasteiger partial charge in [0, 0.05) is 55.7 Å². The van der Waals surface area contributed by atoms with Crippen molar-refractivity contribution in [3.63, 3.8) is 0 Å². The lowest BCUT2D eigenvalue weighted by molar-refractivity contribution is 0.0203. The molecule has 0 spiro atoms. The number of hydrogen-bond donors (Lipinski definition) is 3. The minimum Gasteiger partial charge on any atom is -0.444 e. The molecule has 14 heteroatoms. The third-order valence-electron chi connectivity index (χ3n) is 7.37. The number of aromatic amines is 1. The summed E-state index contributed by atoms with van der Waals surface area (Å²) < 4.78 is 25.3. The molecule has 1 aliphatic heterocycles. The SMILES string of the molecule is COCCN(c1cc(NC(=O)Nc2ccccc2F)cc(-c2ccccc2-c2nn[nH]n2)n1)C1CCN(C(=O)OC(C)(C)C)CC1. The lowest BCUT2D eigenvalue weighted by Gasteiger charge is -2.39. The fourth-order valence-electron chi connectivity index (χ4n) is 5.26. The second kappa shape index (κ2) is 14.3. The minimum absolute atomic E-state index is 0.0177. The number of para-hydroxylation sites is 1. The van der Waals surface area contributed by atoms with Crippen LogP contribution in [-0.2, 0) is 9.47 Å². The summed E-state index contributed by atoms with van der Waals surface area (Å²) in [5, 5.41) is 19.9. The first-order chi connectivity index (χ1) is 22.1. The fourth-order valence-corrected chi connectivity index (χ4v) is 5.26. The number of hydrogen-bond acceptors (Lipinski definition) is 9. The summed E-state index contributed by atoms with van der Waals surface area (Å²) in [4.78, 5) is 34.7. The van der Waals surface area contributed by atoms with E-state index in [0.29, 0.717) is 67.7 Å². The molecule has 46 heavy (non-hydrogen) atoms. The van der Waals surface area contributed by atoms with E-state index in [2.05, 4.69) is 36.2 Å². The number of tetrazole rings is 1. The van der Waals surface area contributed by atoms with Crippen molar-refractivity contribution in [1.29, 1.82) is 0 Å². The second-order valence-electron chi connectivity index (χ2n) is 11.8. The molecule has 0 atom stereocenters. The second-order valence-corrected chi connectivity index (χ2v) is 11.8. The summed E-state index contributed by atoms with van der Waals surface area (Å²) in [7, 11) is 1.63. The van der Waals surface area contributed by atoms with Crippen molar-refractivity contribution in [3.8, 4) is 22.6 Å². The van der Waals surface area contributed by atoms with E-state index in [0.717, 1.165) is 5.56 Å². The number of carbonyl (C=O) groups excluding carboxylic acids is 2. The molecule has 2 aromatic carbocycles. The van der Waals surface area contributed by atoms with Crippen LogP contribution in [0.2, 0.25) is 0 Å². The fraction of sp³-hybridized carbons (Fsp3) is 0.375. The van der Waals surface area contributed by atoms with E-state index in [4.69, 9.17) is 14.5 Å². The highest BCUT2D eigenvalue weighted by molar-refractivity contribution is 6.00. The van der Waals surface area contributed by atoms with Crippen molar-refractivity contribution >= 4 is 29.3 Å². The van der Waals surface area contributed by atoms with Gasteiger partial charge in [0.15, 0.2) is 0 Å². The number of pyridine rings is 1. The lowest BCUT2D eigenvalue weighted by Crippen LogP contribution is -2.49. The molecule has 0 aliphatic carbocycles. The maximum absolute atomic E-state index is 14.3. The molecule has 13 nitrogen and oxygen atoms in total. The van der Waals surface area contributed by atoms with Gasteiger partial charge in [-0.2, -0.15) is 5.21 Å². The number of anilines is 3. The number of benzene rings is 2. The monoisotopic (exact) mass is 631 g/mol. The maximum Gasteiger partial charge on any atom is 0.410 e. The summed E-state index contributed by atoms with van der Waals surface area (Å²) in [5.74, 6) is 0.431. The number of methoxy groups -OCH3 is 1. The van der Waals surface area contributed by atoms with Gasteiger partial charge in [-0.25, -0.2) is 19.0 Å². The number of H-pyrrole nitrogens is 1. The van der Waals surface area contributed by atoms with Crippen molar-refractivity contribution in [3.05, 3.63) is 66.5 Å². The lowest BCUT2D eigenvalue weighted by atomic mass is 10.0. The van der Waals surface area contributed by atoms with Crippen molar-refractivity contribution in [1.82, 2.24) is 30.5 Å². The Morgan fingerprint density at radius 1 is 1.04 bits per heavy atom. The standard InChI is InChI=1S/C32H38FN9O4/c1-32(2,3)46-31(44)41-15-13-22(14-16-41)42(17-18-45-4)28-20-21(34-30(43)36-26-12-8-7-11-25(26)33)19-27(35-28)23-9-5-6-10-24(23)29-37-39-40-38-29/h5-12,19-20,22H,13-18H2,1-4H3,(H2,34,35,36,43)(H,37,38,39,40). The molecule has 1 fully saturated rings. The van der Waals surface area contributed by atoms with Gasteiger partial charge in [-0.1, -0.05) is 36.4 Å². The zero-order valence-electron chi connectivity index (χ0n) is 26.3. The van der Waals surface area contributed by atoms with Gasteiger partial charge in [-0.05, 0) is 57.0 Å². The number of ether oxygens (including phenoxy) is 2. The summed E-state index contributed by atoms with van der Waals surface area (Å²) in [6.45, 7) is 7.51. The van der Waals surface area contributed by atoms with Crippen LogP contribution in [-0.4, -0.2) is 87.6 Å². The largest absolute Gasteiger partial charge is 0.444 e. The van der Waals surface area contributed by atoms with Gasteiger partial charge in [-0.3, -0.25) is 0 Å². The minimum atomic E-state index is -0.617. The number of urea groups is 1. The van der Waals surface area contributed by atoms with Gasteiger partial charge < -0.3 is 29.9 Å². The number of nitrogens with one attached hydrogen (secondary N) is 3. The van der Waals surface area contributed by atoms with Crippen molar-refractivity contribution in [2.24, 2.45) is 0 Å². The summed E-state index contributed by atoms with van der Waals surface area (Å²) in [6, 6.07) is 16.3. The third-order valence-corrected chi connectivity index (χ3v) is 7.37. The predicted octanol–water partition coefficient (Wildman–Crippen LogP) is 5.56. The highest BCUT2D eigenvalue weighted by atomic mass is 19.1. The van der Waals surface area contributed by atoms with Crippen LogP contribution in [0.5, 0.6) is 0 Å². The first-order valence-corrected chi connectivity index (χ1v) is 15.0. The van der Waals surface area contributed by atoms with E-state index in [1.54, 1.807) is 36.3 Å². The molecule has 0 radical (unpaired) electrons. The molecule has 1 saturated heterocycles. The van der Waals surface area contributed by atoms with Gasteiger partial charge in [0.25, 0.3) is 0 Å². The zero-order chi connectivity index (χ0) is 32.7. The molecular formula is C32H38FN9O4. The van der Waals surface area contributed by atoms with Crippen LogP contribution in [0.1, 0.15) is 33.6 Å². The quantitative estimate of drug-likeness (QED) is 0.216. The van der Waals surface area contributed by atoms with Crippen LogP contribution >= 0.6 is 0 Å². The van der Waals surface area contributed by atoms with Crippen molar-refractivity contribution < 1.29 is 23.5 Å². The van der Waals surface area contributed by atoms with E-state index in [1.165, 1.54) is 12.1 Å². The highest BCUT2D eigenvalue weighted by Gasteiger charge is 2.31. The van der Waals surface area contributed by atoms with Crippen LogP contribution in [0.25, 0.3) is 22.6 Å². The Balaban J connectivity index is 1.48. The van der Waals surface area contributed by atoms with Gasteiger partial charge in [0.1, 0.15) is 17.2 Å². The van der Waals surface area contributed by atoms with Crippen LogP contribution < -0.4 is 15.5 Å². The van der Waals surface area contributed by atoms with E-state index >= 15 is 0 Å². The maximum atomic E-state index is 14.3. The molecular weight excluding hydrogens is 593 g/mol. The van der Waals surface area contributed by atoms with Crippen molar-refractivity contribution in [2.45, 2.75) is 45.3 Å². The Kier molecular flexibility index (Phi) is 10.1. The van der Waals surface area contributed by atoms with Gasteiger partial charge in [0.2, 0.25) is 5.82 Å². The molecule has 3 amide bonds. The Bertz CT molecular complexity index is 1640. The molecule has 5 rings (SSSR count). The number of rotatable bonds is 9. The van der Waals surface area contributed by atoms with Gasteiger partial charge >= 0.3 is 12.1 Å². The Labute approximate surface area is 266 Å². The molecule has 1 aliphatic rings. The molecule has 2 aromatic heterocycles. The topological polar surface area (TPSA) is 150 Å². The molecule has 242 valence electrons. The average Bonchev–Trinajstić information content (AvgIpc) is 3.57. The number of aromatic nitrogens is 5. The Hall–Kier alpha value is -5.11. The molecule has 0 unspecified atom stereocenters. The van der Waals surface area contributed by atoms with Gasteiger partial charge in [-0.15, -0.1) is 10.2 Å². The number of piperidine rings is 1. The normalized spacial score (nSPS) is 13.7. The third kappa shape index (κ3) is 8.13. The van der Waals surface area contributed by atoms with Crippen molar-refractivity contribution in [2.75, 3.05) is 48.9 Å². The summed E-state index contributed by atoms with van der Waals surface area (Å²) in [5.41, 5.74) is 1.86. The summed E-state index contributed by atoms with van der Waals surface area (Å²) >= 11 is 0. The Morgan fingerprint density at radius 3 is 2.43 bits per heavy atom. The summed E-state index contributed by atoms with van der Waals surface area (Å²) in [6.07, 6.45) is 1.01. The molecule has 0 bridgehead atoms. The van der Waals surface area contributed by atoms with Crippen LogP contribution in [0.15, 0.2) is 60.7 Å². The van der Waals surface area contributed by atoms with Crippen LogP contribution in [0.3, 0.4) is 0 Å². The number of amides is 3. The number of likely N-dealkylation sites (tertiary alicyclic amines) is 1. The predicted molar refractivity (Wildman–Crippen MR) is 172 cm³/mol. The Morgan fingerprint density at radius 2 is 1.76 bits per heavy atom. The zero-order valence-corrected chi connectivity index (χ0v) is 26.3.